The highest BCUT2D eigenvalue weighted by Crippen LogP contribution is 2.17. The van der Waals surface area contributed by atoms with Gasteiger partial charge in [-0.05, 0) is 19.8 Å². The summed E-state index contributed by atoms with van der Waals surface area (Å²) >= 11 is 0. The fourth-order valence-corrected chi connectivity index (χ4v) is 0.971. The Morgan fingerprint density at radius 3 is 2.60 bits per heavy atom. The molecule has 1 N–H and O–H groups in total. The maximum atomic E-state index is 9.57. The van der Waals surface area contributed by atoms with Crippen LogP contribution in [0.4, 0.5) is 0 Å². The highest BCUT2D eigenvalue weighted by Gasteiger charge is 2.16. The predicted octanol–water partition coefficient (Wildman–Crippen LogP) is 2.50. The van der Waals surface area contributed by atoms with E-state index in [1.54, 1.807) is 6.08 Å². The van der Waals surface area contributed by atoms with Crippen molar-refractivity contribution in [1.29, 1.82) is 0 Å². The summed E-state index contributed by atoms with van der Waals surface area (Å²) in [5.74, 6) is 0. The van der Waals surface area contributed by atoms with Crippen LogP contribution in [-0.2, 0) is 0 Å². The van der Waals surface area contributed by atoms with E-state index in [0.29, 0.717) is 6.42 Å². The normalized spacial score (nSPS) is 16.3. The van der Waals surface area contributed by atoms with Crippen molar-refractivity contribution in [3.63, 3.8) is 0 Å². The SMILES string of the molecule is C=CC[C@](C)(O)CCCC. The molecule has 1 nitrogen and oxygen atoms in total. The zero-order valence-corrected chi connectivity index (χ0v) is 7.06. The first-order valence-corrected chi connectivity index (χ1v) is 3.95. The van der Waals surface area contributed by atoms with Gasteiger partial charge in [-0.15, -0.1) is 6.58 Å². The van der Waals surface area contributed by atoms with Gasteiger partial charge in [-0.3, -0.25) is 0 Å². The monoisotopic (exact) mass is 142 g/mol. The number of unbranched alkanes of at least 4 members (excludes halogenated alkanes) is 1. The summed E-state index contributed by atoms with van der Waals surface area (Å²) in [6.45, 7) is 7.59. The molecule has 10 heavy (non-hydrogen) atoms. The molecule has 0 heterocycles. The van der Waals surface area contributed by atoms with Crippen LogP contribution < -0.4 is 0 Å². The van der Waals surface area contributed by atoms with Crippen molar-refractivity contribution in [2.75, 3.05) is 0 Å². The molecule has 60 valence electrons. The van der Waals surface area contributed by atoms with Gasteiger partial charge in [0.25, 0.3) is 0 Å². The minimum Gasteiger partial charge on any atom is -0.390 e. The standard InChI is InChI=1S/C9H18O/c1-4-6-8-9(3,10)7-5-2/h5,10H,2,4,6-8H2,1,3H3/t9-/m0/s1. The van der Waals surface area contributed by atoms with E-state index in [4.69, 9.17) is 0 Å². The molecule has 0 aromatic rings. The van der Waals surface area contributed by atoms with E-state index >= 15 is 0 Å². The lowest BCUT2D eigenvalue weighted by Gasteiger charge is -2.20. The second-order valence-corrected chi connectivity index (χ2v) is 3.09. The molecule has 0 bridgehead atoms. The van der Waals surface area contributed by atoms with Crippen LogP contribution in [0.15, 0.2) is 12.7 Å². The quantitative estimate of drug-likeness (QED) is 0.585. The Labute approximate surface area is 63.8 Å². The van der Waals surface area contributed by atoms with E-state index in [2.05, 4.69) is 13.5 Å². The lowest BCUT2D eigenvalue weighted by atomic mass is 9.96. The van der Waals surface area contributed by atoms with Gasteiger partial charge in [0.2, 0.25) is 0 Å². The molecule has 0 aromatic heterocycles. The summed E-state index contributed by atoms with van der Waals surface area (Å²) < 4.78 is 0. The lowest BCUT2D eigenvalue weighted by molar-refractivity contribution is 0.0518. The first-order chi connectivity index (χ1) is 4.62. The minimum atomic E-state index is -0.516. The summed E-state index contributed by atoms with van der Waals surface area (Å²) in [6.07, 6.45) is 5.60. The summed E-state index contributed by atoms with van der Waals surface area (Å²) in [7, 11) is 0. The molecule has 0 amide bonds. The Morgan fingerprint density at radius 1 is 1.60 bits per heavy atom. The third-order valence-corrected chi connectivity index (χ3v) is 1.65. The van der Waals surface area contributed by atoms with Crippen LogP contribution in [-0.4, -0.2) is 10.7 Å². The average molecular weight is 142 g/mol. The summed E-state index contributed by atoms with van der Waals surface area (Å²) in [5, 5.41) is 9.57. The van der Waals surface area contributed by atoms with Gasteiger partial charge in [-0.25, -0.2) is 0 Å². The molecule has 0 spiro atoms. The predicted molar refractivity (Wildman–Crippen MR) is 45.0 cm³/mol. The Hall–Kier alpha value is -0.300. The van der Waals surface area contributed by atoms with Crippen molar-refractivity contribution in [2.24, 2.45) is 0 Å². The molecule has 0 saturated heterocycles. The molecule has 0 unspecified atom stereocenters. The van der Waals surface area contributed by atoms with E-state index in [-0.39, 0.29) is 0 Å². The van der Waals surface area contributed by atoms with Gasteiger partial charge >= 0.3 is 0 Å². The van der Waals surface area contributed by atoms with E-state index in [9.17, 15) is 5.11 Å². The van der Waals surface area contributed by atoms with E-state index in [1.807, 2.05) is 6.92 Å². The van der Waals surface area contributed by atoms with Crippen LogP contribution in [0.25, 0.3) is 0 Å². The van der Waals surface area contributed by atoms with Crippen LogP contribution >= 0.6 is 0 Å². The van der Waals surface area contributed by atoms with Crippen molar-refractivity contribution in [1.82, 2.24) is 0 Å². The number of hydrogen-bond acceptors (Lipinski definition) is 1. The topological polar surface area (TPSA) is 20.2 Å². The van der Waals surface area contributed by atoms with Crippen molar-refractivity contribution >= 4 is 0 Å². The molecule has 0 fully saturated rings. The molecule has 0 rings (SSSR count). The summed E-state index contributed by atoms with van der Waals surface area (Å²) in [5.41, 5.74) is -0.516. The molecule has 1 atom stereocenters. The van der Waals surface area contributed by atoms with Crippen molar-refractivity contribution in [3.8, 4) is 0 Å². The minimum absolute atomic E-state index is 0.516. The Balaban J connectivity index is 3.51. The molecule has 0 radical (unpaired) electrons. The maximum Gasteiger partial charge on any atom is 0.0653 e. The molecular weight excluding hydrogens is 124 g/mol. The van der Waals surface area contributed by atoms with Crippen LogP contribution in [0.5, 0.6) is 0 Å². The van der Waals surface area contributed by atoms with Gasteiger partial charge in [0, 0.05) is 0 Å². The third-order valence-electron chi connectivity index (χ3n) is 1.65. The lowest BCUT2D eigenvalue weighted by Crippen LogP contribution is -2.22. The molecule has 0 aliphatic carbocycles. The zero-order chi connectivity index (χ0) is 8.04. The molecule has 0 aliphatic rings. The molecule has 0 aliphatic heterocycles. The second kappa shape index (κ2) is 4.51. The molecule has 0 saturated carbocycles. The van der Waals surface area contributed by atoms with Crippen LogP contribution in [0.1, 0.15) is 39.5 Å². The molecule has 0 aromatic carbocycles. The van der Waals surface area contributed by atoms with Crippen LogP contribution in [0.2, 0.25) is 0 Å². The van der Waals surface area contributed by atoms with Crippen LogP contribution in [0.3, 0.4) is 0 Å². The highest BCUT2D eigenvalue weighted by atomic mass is 16.3. The third kappa shape index (κ3) is 4.57. The number of rotatable bonds is 5. The average Bonchev–Trinajstić information content (AvgIpc) is 1.84. The van der Waals surface area contributed by atoms with Gasteiger partial charge < -0.3 is 5.11 Å². The van der Waals surface area contributed by atoms with Gasteiger partial charge in [-0.1, -0.05) is 25.8 Å². The van der Waals surface area contributed by atoms with Crippen LogP contribution in [0, 0.1) is 0 Å². The maximum absolute atomic E-state index is 9.57. The zero-order valence-electron chi connectivity index (χ0n) is 7.06. The Morgan fingerprint density at radius 2 is 2.20 bits per heavy atom. The van der Waals surface area contributed by atoms with Gasteiger partial charge in [-0.2, -0.15) is 0 Å². The smallest absolute Gasteiger partial charge is 0.0653 e. The Kier molecular flexibility index (Phi) is 4.37. The highest BCUT2D eigenvalue weighted by molar-refractivity contribution is 4.82. The molecule has 1 heteroatoms. The first kappa shape index (κ1) is 9.70. The van der Waals surface area contributed by atoms with Gasteiger partial charge in [0.05, 0.1) is 5.60 Å². The van der Waals surface area contributed by atoms with E-state index in [1.165, 1.54) is 0 Å². The largest absolute Gasteiger partial charge is 0.390 e. The van der Waals surface area contributed by atoms with Crippen molar-refractivity contribution < 1.29 is 5.11 Å². The fourth-order valence-electron chi connectivity index (χ4n) is 0.971. The number of aliphatic hydroxyl groups is 1. The molecular formula is C9H18O. The first-order valence-electron chi connectivity index (χ1n) is 3.95. The second-order valence-electron chi connectivity index (χ2n) is 3.09. The Bertz CT molecular complexity index is 94.9. The van der Waals surface area contributed by atoms with Crippen molar-refractivity contribution in [3.05, 3.63) is 12.7 Å². The fraction of sp³-hybridized carbons (Fsp3) is 0.778. The van der Waals surface area contributed by atoms with Gasteiger partial charge in [0.1, 0.15) is 0 Å². The summed E-state index contributed by atoms with van der Waals surface area (Å²) in [4.78, 5) is 0. The van der Waals surface area contributed by atoms with Gasteiger partial charge in [0.15, 0.2) is 0 Å². The van der Waals surface area contributed by atoms with E-state index in [0.717, 1.165) is 19.3 Å². The summed E-state index contributed by atoms with van der Waals surface area (Å²) in [6, 6.07) is 0. The van der Waals surface area contributed by atoms with E-state index < -0.39 is 5.60 Å². The number of hydrogen-bond donors (Lipinski definition) is 1. The van der Waals surface area contributed by atoms with Crippen molar-refractivity contribution in [2.45, 2.75) is 45.1 Å².